The number of benzene rings is 1. The first-order valence-corrected chi connectivity index (χ1v) is 7.89. The molecule has 1 saturated heterocycles. The number of ether oxygens (including phenoxy) is 3. The van der Waals surface area contributed by atoms with Gasteiger partial charge in [0.1, 0.15) is 5.75 Å². The number of rotatable bonds is 1. The lowest BCUT2D eigenvalue weighted by molar-refractivity contribution is -0.296. The highest BCUT2D eigenvalue weighted by Crippen LogP contribution is 2.54. The smallest absolute Gasteiger partial charge is 0.427 e. The highest BCUT2D eigenvalue weighted by molar-refractivity contribution is 5.64. The monoisotopic (exact) mass is 344 g/mol. The van der Waals surface area contributed by atoms with Gasteiger partial charge in [0.2, 0.25) is 0 Å². The number of hydrogen-bond donors (Lipinski definition) is 0. The van der Waals surface area contributed by atoms with E-state index in [-0.39, 0.29) is 5.56 Å². The minimum absolute atomic E-state index is 0.253. The highest BCUT2D eigenvalue weighted by Gasteiger charge is 2.66. The molecule has 0 N–H and O–H groups in total. The van der Waals surface area contributed by atoms with Crippen molar-refractivity contribution in [2.24, 2.45) is 0 Å². The molecule has 2 aliphatic heterocycles. The first kappa shape index (κ1) is 15.9. The summed E-state index contributed by atoms with van der Waals surface area (Å²) in [6.45, 7) is 1.15. The molecule has 4 rings (SSSR count). The van der Waals surface area contributed by atoms with E-state index < -0.39 is 29.1 Å². The molecule has 24 heavy (non-hydrogen) atoms. The van der Waals surface area contributed by atoms with Crippen LogP contribution in [0.5, 0.6) is 5.75 Å². The summed E-state index contributed by atoms with van der Waals surface area (Å²) in [5.74, 6) is -5.29. The Kier molecular flexibility index (Phi) is 3.44. The van der Waals surface area contributed by atoms with Gasteiger partial charge in [0.25, 0.3) is 0 Å². The molecule has 0 unspecified atom stereocenters. The molecule has 1 aromatic rings. The normalized spacial score (nSPS) is 26.2. The molecule has 0 bridgehead atoms. The molecule has 3 aliphatic rings. The molecule has 0 atom stereocenters. The third kappa shape index (κ3) is 2.33. The third-order valence-corrected chi connectivity index (χ3v) is 4.81. The van der Waals surface area contributed by atoms with Crippen molar-refractivity contribution in [1.82, 2.24) is 0 Å². The Labute approximate surface area is 136 Å². The van der Waals surface area contributed by atoms with E-state index in [9.17, 15) is 17.6 Å². The van der Waals surface area contributed by atoms with Crippen LogP contribution in [0.2, 0.25) is 0 Å². The van der Waals surface area contributed by atoms with Crippen molar-refractivity contribution >= 4 is 6.08 Å². The van der Waals surface area contributed by atoms with Gasteiger partial charge in [-0.2, -0.15) is 17.6 Å². The van der Waals surface area contributed by atoms with Crippen molar-refractivity contribution in [3.05, 3.63) is 34.9 Å². The van der Waals surface area contributed by atoms with E-state index >= 15 is 0 Å². The zero-order valence-corrected chi connectivity index (χ0v) is 12.8. The minimum Gasteiger partial charge on any atom is -0.427 e. The van der Waals surface area contributed by atoms with Gasteiger partial charge in [0.05, 0.1) is 18.8 Å². The fourth-order valence-electron chi connectivity index (χ4n) is 3.48. The Hall–Kier alpha value is -1.60. The van der Waals surface area contributed by atoms with Gasteiger partial charge in [-0.3, -0.25) is 0 Å². The maximum Gasteiger partial charge on any atom is 0.469 e. The molecule has 2 heterocycles. The van der Waals surface area contributed by atoms with E-state index in [1.165, 1.54) is 12.1 Å². The summed E-state index contributed by atoms with van der Waals surface area (Å²) in [7, 11) is 0. The van der Waals surface area contributed by atoms with Crippen molar-refractivity contribution in [1.29, 1.82) is 0 Å². The molecular formula is C17H16F4O3. The topological polar surface area (TPSA) is 27.7 Å². The molecule has 1 spiro atoms. The number of para-hydroxylation sites is 1. The van der Waals surface area contributed by atoms with Gasteiger partial charge in [0.15, 0.2) is 5.79 Å². The van der Waals surface area contributed by atoms with Crippen LogP contribution in [0.15, 0.2) is 23.8 Å². The lowest BCUT2D eigenvalue weighted by atomic mass is 9.88. The van der Waals surface area contributed by atoms with Gasteiger partial charge in [-0.15, -0.1) is 0 Å². The number of alkyl halides is 4. The SMILES string of the molecule is FC1(F)Oc2c(C=C3CCC4(CC3)OCCO4)cccc2C1(F)F. The van der Waals surface area contributed by atoms with Crippen LogP contribution in [0, 0.1) is 0 Å². The van der Waals surface area contributed by atoms with Crippen LogP contribution < -0.4 is 4.74 Å². The minimum atomic E-state index is -4.52. The van der Waals surface area contributed by atoms with Crippen LogP contribution in [0.1, 0.15) is 36.8 Å². The maximum atomic E-state index is 13.7. The molecule has 0 aromatic heterocycles. The van der Waals surface area contributed by atoms with E-state index in [0.29, 0.717) is 38.9 Å². The van der Waals surface area contributed by atoms with Crippen molar-refractivity contribution in [2.75, 3.05) is 13.2 Å². The van der Waals surface area contributed by atoms with Gasteiger partial charge >= 0.3 is 12.0 Å². The molecule has 3 nitrogen and oxygen atoms in total. The standard InChI is InChI=1S/C17H16F4O3/c18-16(19)13-3-1-2-12(14(13)24-17(16,20)21)10-11-4-6-15(7-5-11)22-8-9-23-15/h1-3,10H,4-9H2. The quantitative estimate of drug-likeness (QED) is 0.704. The van der Waals surface area contributed by atoms with Gasteiger partial charge in [-0.05, 0) is 18.9 Å². The Balaban J connectivity index is 1.60. The summed E-state index contributed by atoms with van der Waals surface area (Å²) in [5, 5.41) is 0. The first-order valence-electron chi connectivity index (χ1n) is 7.89. The second kappa shape index (κ2) is 5.20. The second-order valence-corrected chi connectivity index (χ2v) is 6.33. The van der Waals surface area contributed by atoms with Crippen molar-refractivity contribution in [2.45, 2.75) is 43.5 Å². The van der Waals surface area contributed by atoms with Crippen LogP contribution in [-0.2, 0) is 15.4 Å². The lowest BCUT2D eigenvalue weighted by Gasteiger charge is -2.32. The average Bonchev–Trinajstić information content (AvgIpc) is 3.05. The van der Waals surface area contributed by atoms with Gasteiger partial charge in [0, 0.05) is 18.4 Å². The summed E-state index contributed by atoms with van der Waals surface area (Å²) in [4.78, 5) is 0. The number of allylic oxidation sites excluding steroid dienone is 1. The first-order chi connectivity index (χ1) is 11.3. The van der Waals surface area contributed by atoms with E-state index in [0.717, 1.165) is 11.6 Å². The molecule has 0 amide bonds. The van der Waals surface area contributed by atoms with Crippen molar-refractivity contribution in [3.8, 4) is 5.75 Å². The summed E-state index contributed by atoms with van der Waals surface area (Å²) in [5.41, 5.74) is 0.468. The molecule has 7 heteroatoms. The second-order valence-electron chi connectivity index (χ2n) is 6.33. The van der Waals surface area contributed by atoms with E-state index in [1.54, 1.807) is 6.08 Å². The molecular weight excluding hydrogens is 328 g/mol. The summed E-state index contributed by atoms with van der Waals surface area (Å²) in [6.07, 6.45) is -0.195. The fraction of sp³-hybridized carbons (Fsp3) is 0.529. The van der Waals surface area contributed by atoms with Gasteiger partial charge < -0.3 is 14.2 Å². The summed E-state index contributed by atoms with van der Waals surface area (Å²) in [6, 6.07) is 3.84. The zero-order chi connectivity index (χ0) is 17.0. The molecule has 2 fully saturated rings. The van der Waals surface area contributed by atoms with E-state index in [4.69, 9.17) is 9.47 Å². The largest absolute Gasteiger partial charge is 0.469 e. The molecule has 0 radical (unpaired) electrons. The Bertz CT molecular complexity index is 681. The van der Waals surface area contributed by atoms with E-state index in [1.807, 2.05) is 0 Å². The lowest BCUT2D eigenvalue weighted by Crippen LogP contribution is -2.36. The number of hydrogen-bond acceptors (Lipinski definition) is 3. The van der Waals surface area contributed by atoms with Gasteiger partial charge in [-0.25, -0.2) is 0 Å². The highest BCUT2D eigenvalue weighted by atomic mass is 19.3. The number of halogens is 4. The summed E-state index contributed by atoms with van der Waals surface area (Å²) >= 11 is 0. The van der Waals surface area contributed by atoms with Crippen LogP contribution >= 0.6 is 0 Å². The van der Waals surface area contributed by atoms with Crippen LogP contribution in [0.4, 0.5) is 17.6 Å². The third-order valence-electron chi connectivity index (χ3n) is 4.81. The predicted octanol–water partition coefficient (Wildman–Crippen LogP) is 4.46. The van der Waals surface area contributed by atoms with E-state index in [2.05, 4.69) is 4.74 Å². The van der Waals surface area contributed by atoms with Gasteiger partial charge in [-0.1, -0.05) is 23.8 Å². The molecule has 1 saturated carbocycles. The maximum absolute atomic E-state index is 13.7. The zero-order valence-electron chi connectivity index (χ0n) is 12.8. The Morgan fingerprint density at radius 2 is 1.62 bits per heavy atom. The Morgan fingerprint density at radius 1 is 0.958 bits per heavy atom. The van der Waals surface area contributed by atoms with Crippen LogP contribution in [-0.4, -0.2) is 25.1 Å². The molecule has 130 valence electrons. The predicted molar refractivity (Wildman–Crippen MR) is 77.0 cm³/mol. The Morgan fingerprint density at radius 3 is 2.29 bits per heavy atom. The molecule has 1 aromatic carbocycles. The fourth-order valence-corrected chi connectivity index (χ4v) is 3.48. The number of fused-ring (bicyclic) bond motifs is 1. The van der Waals surface area contributed by atoms with Crippen LogP contribution in [0.25, 0.3) is 6.08 Å². The molecule has 1 aliphatic carbocycles. The van der Waals surface area contributed by atoms with Crippen molar-refractivity contribution in [3.63, 3.8) is 0 Å². The summed E-state index contributed by atoms with van der Waals surface area (Å²) < 4.78 is 70.0. The average molecular weight is 344 g/mol. The van der Waals surface area contributed by atoms with Crippen LogP contribution in [0.3, 0.4) is 0 Å². The van der Waals surface area contributed by atoms with Crippen molar-refractivity contribution < 1.29 is 31.8 Å².